The molecule has 2 rings (SSSR count). The number of hydrogen-bond acceptors (Lipinski definition) is 2. The third-order valence-electron chi connectivity index (χ3n) is 2.54. The summed E-state index contributed by atoms with van der Waals surface area (Å²) in [6.07, 6.45) is -1.56. The molecule has 0 aliphatic rings. The second-order valence-corrected chi connectivity index (χ2v) is 3.99. The number of benzene rings is 1. The minimum Gasteiger partial charge on any atom is -0.347 e. The van der Waals surface area contributed by atoms with Crippen molar-refractivity contribution in [3.8, 4) is 0 Å². The second-order valence-electron chi connectivity index (χ2n) is 3.99. The quantitative estimate of drug-likeness (QED) is 0.841. The Hall–Kier alpha value is -1.89. The summed E-state index contributed by atoms with van der Waals surface area (Å²) in [5, 5.41) is 2.94. The zero-order chi connectivity index (χ0) is 13.9. The fourth-order valence-electron chi connectivity index (χ4n) is 1.62. The molecule has 1 aromatic heterocycles. The van der Waals surface area contributed by atoms with Crippen molar-refractivity contribution in [2.24, 2.45) is 0 Å². The molecule has 0 aliphatic carbocycles. The molecule has 0 amide bonds. The van der Waals surface area contributed by atoms with Crippen LogP contribution in [0.15, 0.2) is 30.7 Å². The number of rotatable bonds is 4. The van der Waals surface area contributed by atoms with Crippen LogP contribution >= 0.6 is 0 Å². The molecule has 0 fully saturated rings. The number of hydrogen-bond donors (Lipinski definition) is 2. The zero-order valence-corrected chi connectivity index (χ0v) is 9.76. The van der Waals surface area contributed by atoms with Crippen LogP contribution in [0.2, 0.25) is 0 Å². The van der Waals surface area contributed by atoms with Gasteiger partial charge in [0.25, 0.3) is 0 Å². The maximum atomic E-state index is 13.1. The van der Waals surface area contributed by atoms with Crippen LogP contribution in [0, 0.1) is 5.82 Å². The summed E-state index contributed by atoms with van der Waals surface area (Å²) in [6, 6.07) is 2.97. The van der Waals surface area contributed by atoms with Gasteiger partial charge in [-0.1, -0.05) is 6.07 Å². The molecule has 1 aromatic carbocycles. The average molecular weight is 273 g/mol. The molecule has 3 nitrogen and oxygen atoms in total. The summed E-state index contributed by atoms with van der Waals surface area (Å²) in [6.45, 7) is 0.654. The molecule has 0 saturated carbocycles. The predicted molar refractivity (Wildman–Crippen MR) is 60.5 cm³/mol. The van der Waals surface area contributed by atoms with Gasteiger partial charge in [0.05, 0.1) is 11.9 Å². The zero-order valence-electron chi connectivity index (χ0n) is 9.76. The van der Waals surface area contributed by atoms with Gasteiger partial charge in [0.2, 0.25) is 0 Å². The van der Waals surface area contributed by atoms with Crippen LogP contribution in [0.5, 0.6) is 0 Å². The maximum absolute atomic E-state index is 13.1. The van der Waals surface area contributed by atoms with Crippen molar-refractivity contribution in [1.29, 1.82) is 0 Å². The number of alkyl halides is 3. The summed E-state index contributed by atoms with van der Waals surface area (Å²) in [7, 11) is 0. The summed E-state index contributed by atoms with van der Waals surface area (Å²) >= 11 is 0. The van der Waals surface area contributed by atoms with Crippen molar-refractivity contribution in [2.75, 3.05) is 0 Å². The van der Waals surface area contributed by atoms with E-state index in [-0.39, 0.29) is 6.54 Å². The van der Waals surface area contributed by atoms with Gasteiger partial charge in [0.15, 0.2) is 0 Å². The van der Waals surface area contributed by atoms with Crippen molar-refractivity contribution in [3.05, 3.63) is 53.4 Å². The van der Waals surface area contributed by atoms with E-state index in [0.29, 0.717) is 12.1 Å². The number of halogens is 4. The molecule has 0 bridgehead atoms. The topological polar surface area (TPSA) is 40.7 Å². The number of aromatic nitrogens is 2. The highest BCUT2D eigenvalue weighted by Gasteiger charge is 2.34. The van der Waals surface area contributed by atoms with Crippen LogP contribution in [-0.2, 0) is 19.3 Å². The molecular formula is C12H11F4N3. The van der Waals surface area contributed by atoms with Crippen molar-refractivity contribution in [3.63, 3.8) is 0 Å². The SMILES string of the molecule is Fc1ccc(CNCc2cnc[nH]2)cc1C(F)(F)F. The summed E-state index contributed by atoms with van der Waals surface area (Å²) in [5.74, 6) is -1.26. The second kappa shape index (κ2) is 5.40. The number of aromatic amines is 1. The number of nitrogens with zero attached hydrogens (tertiary/aromatic N) is 1. The van der Waals surface area contributed by atoms with E-state index < -0.39 is 17.6 Å². The molecule has 1 heterocycles. The minimum atomic E-state index is -4.68. The van der Waals surface area contributed by atoms with Crippen molar-refractivity contribution in [2.45, 2.75) is 19.3 Å². The first kappa shape index (κ1) is 13.5. The van der Waals surface area contributed by atoms with Gasteiger partial charge >= 0.3 is 6.18 Å². The van der Waals surface area contributed by atoms with Crippen LogP contribution in [0.1, 0.15) is 16.8 Å². The lowest BCUT2D eigenvalue weighted by molar-refractivity contribution is -0.140. The van der Waals surface area contributed by atoms with E-state index in [1.165, 1.54) is 12.4 Å². The van der Waals surface area contributed by atoms with Gasteiger partial charge in [-0.15, -0.1) is 0 Å². The monoisotopic (exact) mass is 273 g/mol. The Morgan fingerprint density at radius 3 is 2.63 bits per heavy atom. The molecule has 0 aliphatic heterocycles. The van der Waals surface area contributed by atoms with Gasteiger partial charge in [-0.3, -0.25) is 0 Å². The molecule has 0 radical (unpaired) electrons. The minimum absolute atomic E-state index is 0.211. The van der Waals surface area contributed by atoms with Crippen molar-refractivity contribution < 1.29 is 17.6 Å². The Morgan fingerprint density at radius 2 is 2.00 bits per heavy atom. The summed E-state index contributed by atoms with van der Waals surface area (Å²) in [4.78, 5) is 6.67. The van der Waals surface area contributed by atoms with Gasteiger partial charge in [0.1, 0.15) is 5.82 Å². The van der Waals surface area contributed by atoms with E-state index in [1.807, 2.05) is 0 Å². The first-order valence-electron chi connectivity index (χ1n) is 5.50. The molecule has 0 spiro atoms. The maximum Gasteiger partial charge on any atom is 0.419 e. The number of imidazole rings is 1. The van der Waals surface area contributed by atoms with E-state index in [2.05, 4.69) is 15.3 Å². The van der Waals surface area contributed by atoms with E-state index in [9.17, 15) is 17.6 Å². The smallest absolute Gasteiger partial charge is 0.347 e. The molecular weight excluding hydrogens is 262 g/mol. The fraction of sp³-hybridized carbons (Fsp3) is 0.250. The Balaban J connectivity index is 2.01. The molecule has 0 unspecified atom stereocenters. The summed E-state index contributed by atoms with van der Waals surface area (Å²) < 4.78 is 50.6. The van der Waals surface area contributed by atoms with Gasteiger partial charge in [0, 0.05) is 25.0 Å². The number of H-pyrrole nitrogens is 1. The number of nitrogens with one attached hydrogen (secondary N) is 2. The Kier molecular flexibility index (Phi) is 3.84. The molecule has 0 atom stereocenters. The summed E-state index contributed by atoms with van der Waals surface area (Å²) in [5.41, 5.74) is -0.0558. The molecule has 102 valence electrons. The fourth-order valence-corrected chi connectivity index (χ4v) is 1.62. The van der Waals surface area contributed by atoms with E-state index in [0.717, 1.165) is 17.8 Å². The van der Waals surface area contributed by atoms with E-state index in [4.69, 9.17) is 0 Å². The Labute approximate surface area is 106 Å². The molecule has 19 heavy (non-hydrogen) atoms. The van der Waals surface area contributed by atoms with Gasteiger partial charge in [-0.2, -0.15) is 13.2 Å². The predicted octanol–water partition coefficient (Wildman–Crippen LogP) is 2.86. The third kappa shape index (κ3) is 3.54. The largest absolute Gasteiger partial charge is 0.419 e. The average Bonchev–Trinajstić information content (AvgIpc) is 2.83. The lowest BCUT2D eigenvalue weighted by Crippen LogP contribution is -2.15. The molecule has 2 N–H and O–H groups in total. The van der Waals surface area contributed by atoms with Crippen molar-refractivity contribution in [1.82, 2.24) is 15.3 Å². The van der Waals surface area contributed by atoms with Gasteiger partial charge in [-0.05, 0) is 17.7 Å². The first-order chi connectivity index (χ1) is 8.97. The third-order valence-corrected chi connectivity index (χ3v) is 2.54. The van der Waals surface area contributed by atoms with Crippen LogP contribution < -0.4 is 5.32 Å². The Morgan fingerprint density at radius 1 is 1.21 bits per heavy atom. The first-order valence-corrected chi connectivity index (χ1v) is 5.50. The normalized spacial score (nSPS) is 11.8. The molecule has 7 heteroatoms. The van der Waals surface area contributed by atoms with Crippen LogP contribution in [0.3, 0.4) is 0 Å². The van der Waals surface area contributed by atoms with Crippen LogP contribution in [0.4, 0.5) is 17.6 Å². The molecule has 2 aromatic rings. The van der Waals surface area contributed by atoms with Crippen LogP contribution in [-0.4, -0.2) is 9.97 Å². The standard InChI is InChI=1S/C12H11F4N3/c13-11-2-1-8(3-10(11)12(14,15)16)4-17-5-9-6-18-7-19-9/h1-3,6-7,17H,4-5H2,(H,18,19). The molecule has 0 saturated heterocycles. The lowest BCUT2D eigenvalue weighted by atomic mass is 10.1. The van der Waals surface area contributed by atoms with E-state index in [1.54, 1.807) is 6.20 Å². The van der Waals surface area contributed by atoms with Gasteiger partial charge in [-0.25, -0.2) is 9.37 Å². The van der Waals surface area contributed by atoms with E-state index >= 15 is 0 Å². The highest BCUT2D eigenvalue weighted by Crippen LogP contribution is 2.31. The van der Waals surface area contributed by atoms with Gasteiger partial charge < -0.3 is 10.3 Å². The highest BCUT2D eigenvalue weighted by molar-refractivity contribution is 5.27. The Bertz CT molecular complexity index is 534. The lowest BCUT2D eigenvalue weighted by Gasteiger charge is -2.10. The highest BCUT2D eigenvalue weighted by atomic mass is 19.4. The van der Waals surface area contributed by atoms with Crippen LogP contribution in [0.25, 0.3) is 0 Å². The van der Waals surface area contributed by atoms with Crippen molar-refractivity contribution >= 4 is 0 Å².